The molecular formula is C6H13Cl2N. The molecule has 0 bridgehead atoms. The van der Waals surface area contributed by atoms with Crippen molar-refractivity contribution in [2.45, 2.75) is 31.1 Å². The van der Waals surface area contributed by atoms with E-state index in [-0.39, 0.29) is 10.4 Å². The molecule has 0 aliphatic rings. The second kappa shape index (κ2) is 3.65. The standard InChI is InChI=1S/C6H13Cl2N/c1-4-9-6(2,3)5(7)8/h5,9H,4H2,1-3H3. The van der Waals surface area contributed by atoms with Gasteiger partial charge in [-0.2, -0.15) is 0 Å². The molecule has 0 aliphatic heterocycles. The van der Waals surface area contributed by atoms with Crippen molar-refractivity contribution in [3.8, 4) is 0 Å². The number of nitrogens with one attached hydrogen (secondary N) is 1. The molecule has 9 heavy (non-hydrogen) atoms. The van der Waals surface area contributed by atoms with E-state index in [4.69, 9.17) is 23.2 Å². The Hall–Kier alpha value is 0.540. The molecule has 56 valence electrons. The van der Waals surface area contributed by atoms with Crippen LogP contribution >= 0.6 is 23.2 Å². The van der Waals surface area contributed by atoms with Crippen molar-refractivity contribution < 1.29 is 0 Å². The summed E-state index contributed by atoms with van der Waals surface area (Å²) in [7, 11) is 0. The summed E-state index contributed by atoms with van der Waals surface area (Å²) in [5, 5.41) is 3.16. The van der Waals surface area contributed by atoms with Gasteiger partial charge in [0.1, 0.15) is 4.84 Å². The minimum atomic E-state index is -0.350. The molecule has 0 rings (SSSR count). The number of rotatable bonds is 3. The monoisotopic (exact) mass is 169 g/mol. The van der Waals surface area contributed by atoms with Crippen LogP contribution in [0.15, 0.2) is 0 Å². The topological polar surface area (TPSA) is 12.0 Å². The van der Waals surface area contributed by atoms with Crippen LogP contribution in [-0.4, -0.2) is 16.9 Å². The summed E-state index contributed by atoms with van der Waals surface area (Å²) < 4.78 is 0. The zero-order valence-corrected chi connectivity index (χ0v) is 7.55. The van der Waals surface area contributed by atoms with Gasteiger partial charge < -0.3 is 5.32 Å². The molecule has 0 radical (unpaired) electrons. The summed E-state index contributed by atoms with van der Waals surface area (Å²) in [5.41, 5.74) is -0.169. The van der Waals surface area contributed by atoms with Gasteiger partial charge in [-0.05, 0) is 20.4 Å². The Labute approximate surface area is 66.7 Å². The van der Waals surface area contributed by atoms with Gasteiger partial charge in [0.05, 0.1) is 0 Å². The van der Waals surface area contributed by atoms with Crippen molar-refractivity contribution in [1.29, 1.82) is 0 Å². The van der Waals surface area contributed by atoms with Gasteiger partial charge in [-0.3, -0.25) is 0 Å². The van der Waals surface area contributed by atoms with Crippen LogP contribution in [0.25, 0.3) is 0 Å². The number of hydrogen-bond donors (Lipinski definition) is 1. The first-order valence-electron chi connectivity index (χ1n) is 3.04. The van der Waals surface area contributed by atoms with Crippen LogP contribution in [0.1, 0.15) is 20.8 Å². The quantitative estimate of drug-likeness (QED) is 0.640. The first kappa shape index (κ1) is 9.54. The zero-order chi connectivity index (χ0) is 7.49. The summed E-state index contributed by atoms with van der Waals surface area (Å²) in [6.45, 7) is 6.86. The largest absolute Gasteiger partial charge is 0.310 e. The predicted molar refractivity (Wildman–Crippen MR) is 43.2 cm³/mol. The molecule has 0 unspecified atom stereocenters. The fraction of sp³-hybridized carbons (Fsp3) is 1.00. The number of hydrogen-bond acceptors (Lipinski definition) is 1. The molecule has 3 heteroatoms. The van der Waals surface area contributed by atoms with Gasteiger partial charge >= 0.3 is 0 Å². The maximum absolute atomic E-state index is 5.65. The normalized spacial score (nSPS) is 12.7. The average molecular weight is 170 g/mol. The Morgan fingerprint density at radius 3 is 2.00 bits per heavy atom. The highest BCUT2D eigenvalue weighted by Crippen LogP contribution is 2.18. The molecule has 0 amide bonds. The Balaban J connectivity index is 3.70. The number of halogens is 2. The van der Waals surface area contributed by atoms with Gasteiger partial charge in [-0.1, -0.05) is 6.92 Å². The maximum atomic E-state index is 5.65. The summed E-state index contributed by atoms with van der Waals surface area (Å²) in [5.74, 6) is 0. The van der Waals surface area contributed by atoms with E-state index in [1.54, 1.807) is 0 Å². The highest BCUT2D eigenvalue weighted by molar-refractivity contribution is 6.45. The molecule has 0 aliphatic carbocycles. The Morgan fingerprint density at radius 2 is 1.89 bits per heavy atom. The van der Waals surface area contributed by atoms with E-state index in [9.17, 15) is 0 Å². The van der Waals surface area contributed by atoms with Crippen LogP contribution in [0.4, 0.5) is 0 Å². The third-order valence-corrected chi connectivity index (χ3v) is 2.27. The van der Waals surface area contributed by atoms with E-state index >= 15 is 0 Å². The lowest BCUT2D eigenvalue weighted by Gasteiger charge is -2.26. The van der Waals surface area contributed by atoms with Gasteiger partial charge in [0, 0.05) is 5.54 Å². The molecule has 0 aromatic carbocycles. The molecule has 1 nitrogen and oxygen atoms in total. The molecule has 0 spiro atoms. The maximum Gasteiger partial charge on any atom is 0.125 e. The van der Waals surface area contributed by atoms with E-state index in [0.717, 1.165) is 6.54 Å². The molecule has 0 fully saturated rings. The smallest absolute Gasteiger partial charge is 0.125 e. The van der Waals surface area contributed by atoms with Crippen LogP contribution in [0.2, 0.25) is 0 Å². The number of alkyl halides is 2. The fourth-order valence-corrected chi connectivity index (χ4v) is 0.687. The summed E-state index contributed by atoms with van der Waals surface area (Å²) >= 11 is 11.3. The van der Waals surface area contributed by atoms with Crippen LogP contribution in [0.5, 0.6) is 0 Å². The van der Waals surface area contributed by atoms with Gasteiger partial charge in [0.15, 0.2) is 0 Å². The lowest BCUT2D eigenvalue weighted by atomic mass is 10.1. The summed E-state index contributed by atoms with van der Waals surface area (Å²) in [6.07, 6.45) is 0. The lowest BCUT2D eigenvalue weighted by Crippen LogP contribution is -2.44. The molecule has 0 saturated carbocycles. The van der Waals surface area contributed by atoms with Crippen molar-refractivity contribution in [3.05, 3.63) is 0 Å². The van der Waals surface area contributed by atoms with Crippen molar-refractivity contribution in [1.82, 2.24) is 5.32 Å². The molecular weight excluding hydrogens is 157 g/mol. The third-order valence-electron chi connectivity index (χ3n) is 1.18. The van der Waals surface area contributed by atoms with E-state index in [0.29, 0.717) is 0 Å². The van der Waals surface area contributed by atoms with E-state index in [1.807, 2.05) is 20.8 Å². The van der Waals surface area contributed by atoms with Gasteiger partial charge in [0.2, 0.25) is 0 Å². The third kappa shape index (κ3) is 3.29. The van der Waals surface area contributed by atoms with Crippen LogP contribution in [0.3, 0.4) is 0 Å². The fourth-order valence-electron chi connectivity index (χ4n) is 0.533. The molecule has 0 aromatic heterocycles. The molecule has 1 N–H and O–H groups in total. The van der Waals surface area contributed by atoms with Gasteiger partial charge in [0.25, 0.3) is 0 Å². The SMILES string of the molecule is CCNC(C)(C)C(Cl)Cl. The summed E-state index contributed by atoms with van der Waals surface area (Å²) in [4.78, 5) is -0.350. The highest BCUT2D eigenvalue weighted by Gasteiger charge is 2.23. The van der Waals surface area contributed by atoms with Crippen molar-refractivity contribution >= 4 is 23.2 Å². The minimum Gasteiger partial charge on any atom is -0.310 e. The van der Waals surface area contributed by atoms with E-state index in [1.165, 1.54) is 0 Å². The molecule has 0 heterocycles. The van der Waals surface area contributed by atoms with Gasteiger partial charge in [-0.15, -0.1) is 23.2 Å². The Kier molecular flexibility index (Phi) is 3.86. The van der Waals surface area contributed by atoms with Crippen LogP contribution in [0, 0.1) is 0 Å². The average Bonchev–Trinajstić information content (AvgIpc) is 1.65. The Bertz CT molecular complexity index is 81.1. The van der Waals surface area contributed by atoms with Crippen LogP contribution in [-0.2, 0) is 0 Å². The summed E-state index contributed by atoms with van der Waals surface area (Å²) in [6, 6.07) is 0. The second-order valence-corrected chi connectivity index (χ2v) is 3.65. The molecule has 0 saturated heterocycles. The highest BCUT2D eigenvalue weighted by atomic mass is 35.5. The van der Waals surface area contributed by atoms with Crippen molar-refractivity contribution in [2.24, 2.45) is 0 Å². The first-order chi connectivity index (χ1) is 4.00. The van der Waals surface area contributed by atoms with Gasteiger partial charge in [-0.25, -0.2) is 0 Å². The minimum absolute atomic E-state index is 0.169. The predicted octanol–water partition coefficient (Wildman–Crippen LogP) is 2.18. The zero-order valence-electron chi connectivity index (χ0n) is 6.04. The van der Waals surface area contributed by atoms with E-state index < -0.39 is 0 Å². The Morgan fingerprint density at radius 1 is 1.44 bits per heavy atom. The second-order valence-electron chi connectivity index (χ2n) is 2.55. The molecule has 0 aromatic rings. The van der Waals surface area contributed by atoms with Crippen molar-refractivity contribution in [2.75, 3.05) is 6.54 Å². The first-order valence-corrected chi connectivity index (χ1v) is 3.91. The van der Waals surface area contributed by atoms with Crippen LogP contribution < -0.4 is 5.32 Å². The van der Waals surface area contributed by atoms with E-state index in [2.05, 4.69) is 5.32 Å². The van der Waals surface area contributed by atoms with Crippen molar-refractivity contribution in [3.63, 3.8) is 0 Å². The molecule has 0 atom stereocenters. The lowest BCUT2D eigenvalue weighted by molar-refractivity contribution is 0.426.